The van der Waals surface area contributed by atoms with Crippen molar-refractivity contribution < 1.29 is 18.0 Å². The van der Waals surface area contributed by atoms with Crippen molar-refractivity contribution in [2.75, 3.05) is 10.8 Å². The lowest BCUT2D eigenvalue weighted by atomic mass is 10.1. The van der Waals surface area contributed by atoms with Crippen molar-refractivity contribution >= 4 is 55.1 Å². The van der Waals surface area contributed by atoms with E-state index in [1.807, 2.05) is 45.0 Å². The van der Waals surface area contributed by atoms with Crippen molar-refractivity contribution in [3.05, 3.63) is 93.4 Å². The summed E-state index contributed by atoms with van der Waals surface area (Å²) in [4.78, 5) is 28.4. The number of hydrogen-bond donors (Lipinski definition) is 1. The Morgan fingerprint density at radius 1 is 1.00 bits per heavy atom. The maximum absolute atomic E-state index is 13.9. The van der Waals surface area contributed by atoms with E-state index in [4.69, 9.17) is 11.6 Å². The molecule has 0 saturated carbocycles. The first kappa shape index (κ1) is 30.7. The van der Waals surface area contributed by atoms with Crippen molar-refractivity contribution in [3.63, 3.8) is 0 Å². The third-order valence-electron chi connectivity index (χ3n) is 6.41. The molecule has 0 aromatic heterocycles. The lowest BCUT2D eigenvalue weighted by molar-refractivity contribution is -0.139. The van der Waals surface area contributed by atoms with Crippen LogP contribution in [0.2, 0.25) is 5.02 Å². The molecule has 2 amide bonds. The van der Waals surface area contributed by atoms with Crippen LogP contribution in [0.4, 0.5) is 5.69 Å². The van der Waals surface area contributed by atoms with Gasteiger partial charge in [0.15, 0.2) is 0 Å². The summed E-state index contributed by atoms with van der Waals surface area (Å²) in [6.45, 7) is 7.02. The van der Waals surface area contributed by atoms with Crippen LogP contribution in [0, 0.1) is 6.92 Å². The zero-order chi connectivity index (χ0) is 28.7. The van der Waals surface area contributed by atoms with E-state index in [1.54, 1.807) is 31.2 Å². The minimum Gasteiger partial charge on any atom is -0.352 e. The van der Waals surface area contributed by atoms with E-state index in [0.717, 1.165) is 26.3 Å². The molecule has 7 nitrogen and oxygen atoms in total. The van der Waals surface area contributed by atoms with Gasteiger partial charge in [-0.2, -0.15) is 0 Å². The number of anilines is 1. The topological polar surface area (TPSA) is 86.8 Å². The highest BCUT2D eigenvalue weighted by molar-refractivity contribution is 9.10. The van der Waals surface area contributed by atoms with Gasteiger partial charge in [0, 0.05) is 22.1 Å². The Kier molecular flexibility index (Phi) is 10.6. The second kappa shape index (κ2) is 13.5. The molecule has 1 N–H and O–H groups in total. The largest absolute Gasteiger partial charge is 0.352 e. The van der Waals surface area contributed by atoms with Crippen molar-refractivity contribution in [2.45, 2.75) is 57.6 Å². The number of rotatable bonds is 11. The van der Waals surface area contributed by atoms with E-state index in [0.29, 0.717) is 10.7 Å². The molecule has 39 heavy (non-hydrogen) atoms. The Bertz CT molecular complexity index is 1400. The van der Waals surface area contributed by atoms with Crippen LogP contribution in [0.15, 0.2) is 82.2 Å². The molecule has 208 valence electrons. The Labute approximate surface area is 244 Å². The minimum atomic E-state index is -4.14. The fourth-order valence-electron chi connectivity index (χ4n) is 3.85. The first-order valence-corrected chi connectivity index (χ1v) is 15.2. The molecule has 0 saturated heterocycles. The first-order valence-electron chi connectivity index (χ1n) is 12.6. The fraction of sp³-hybridized carbons (Fsp3) is 0.310. The van der Waals surface area contributed by atoms with Gasteiger partial charge in [-0.15, -0.1) is 0 Å². The SMILES string of the molecule is CCC(C)NC(=O)C(C)N(Cc1cccc(Br)c1)C(=O)CN(c1ccc(C)cc1)S(=O)(=O)c1ccc(Cl)cc1. The highest BCUT2D eigenvalue weighted by Crippen LogP contribution is 2.26. The predicted octanol–water partition coefficient (Wildman–Crippen LogP) is 5.94. The molecule has 3 aromatic rings. The predicted molar refractivity (Wildman–Crippen MR) is 159 cm³/mol. The lowest BCUT2D eigenvalue weighted by Gasteiger charge is -2.32. The van der Waals surface area contributed by atoms with E-state index < -0.39 is 28.5 Å². The summed E-state index contributed by atoms with van der Waals surface area (Å²) < 4.78 is 29.5. The smallest absolute Gasteiger partial charge is 0.264 e. The van der Waals surface area contributed by atoms with Crippen molar-refractivity contribution in [1.29, 1.82) is 0 Å². The maximum atomic E-state index is 13.9. The number of carbonyl (C=O) groups excluding carboxylic acids is 2. The number of aryl methyl sites for hydroxylation is 1. The molecule has 2 atom stereocenters. The Balaban J connectivity index is 2.02. The van der Waals surface area contributed by atoms with Crippen LogP contribution in [0.1, 0.15) is 38.3 Å². The lowest BCUT2D eigenvalue weighted by Crippen LogP contribution is -2.52. The summed E-state index contributed by atoms with van der Waals surface area (Å²) in [5.74, 6) is -0.824. The van der Waals surface area contributed by atoms with Crippen LogP contribution >= 0.6 is 27.5 Å². The van der Waals surface area contributed by atoms with Crippen LogP contribution < -0.4 is 9.62 Å². The van der Waals surface area contributed by atoms with E-state index in [2.05, 4.69) is 21.2 Å². The Hall–Kier alpha value is -2.88. The molecular formula is C29H33BrClN3O4S. The van der Waals surface area contributed by atoms with Gasteiger partial charge in [-0.25, -0.2) is 8.42 Å². The summed E-state index contributed by atoms with van der Waals surface area (Å²) in [6.07, 6.45) is 0.735. The molecule has 0 spiro atoms. The van der Waals surface area contributed by atoms with E-state index in [1.165, 1.54) is 29.2 Å². The van der Waals surface area contributed by atoms with E-state index >= 15 is 0 Å². The second-order valence-corrected chi connectivity index (χ2v) is 12.7. The molecule has 3 rings (SSSR count). The third kappa shape index (κ3) is 8.06. The van der Waals surface area contributed by atoms with Gasteiger partial charge in [0.25, 0.3) is 10.0 Å². The molecule has 3 aromatic carbocycles. The van der Waals surface area contributed by atoms with Crippen LogP contribution in [0.25, 0.3) is 0 Å². The van der Waals surface area contributed by atoms with Gasteiger partial charge in [0.1, 0.15) is 12.6 Å². The van der Waals surface area contributed by atoms with Gasteiger partial charge in [0.2, 0.25) is 11.8 Å². The maximum Gasteiger partial charge on any atom is 0.264 e. The molecule has 10 heteroatoms. The molecular weight excluding hydrogens is 602 g/mol. The summed E-state index contributed by atoms with van der Waals surface area (Å²) in [6, 6.07) is 19.2. The van der Waals surface area contributed by atoms with Gasteiger partial charge in [-0.1, -0.05) is 64.3 Å². The van der Waals surface area contributed by atoms with Gasteiger partial charge < -0.3 is 10.2 Å². The summed E-state index contributed by atoms with van der Waals surface area (Å²) in [5.41, 5.74) is 2.08. The Morgan fingerprint density at radius 3 is 2.23 bits per heavy atom. The number of halogens is 2. The third-order valence-corrected chi connectivity index (χ3v) is 8.95. The number of hydrogen-bond acceptors (Lipinski definition) is 4. The first-order chi connectivity index (χ1) is 18.4. The number of benzene rings is 3. The fourth-order valence-corrected chi connectivity index (χ4v) is 5.84. The molecule has 0 heterocycles. The normalized spacial score (nSPS) is 12.9. The van der Waals surface area contributed by atoms with Crippen LogP contribution in [-0.4, -0.2) is 43.8 Å². The Morgan fingerprint density at radius 2 is 1.64 bits per heavy atom. The zero-order valence-corrected chi connectivity index (χ0v) is 25.6. The molecule has 0 aliphatic carbocycles. The van der Waals surface area contributed by atoms with Gasteiger partial charge in [0.05, 0.1) is 10.6 Å². The molecule has 2 unspecified atom stereocenters. The average molecular weight is 635 g/mol. The van der Waals surface area contributed by atoms with E-state index in [-0.39, 0.29) is 23.4 Å². The quantitative estimate of drug-likeness (QED) is 0.283. The number of nitrogens with one attached hydrogen (secondary N) is 1. The molecule has 0 bridgehead atoms. The minimum absolute atomic E-state index is 0.00128. The van der Waals surface area contributed by atoms with Crippen molar-refractivity contribution in [2.24, 2.45) is 0 Å². The van der Waals surface area contributed by atoms with Gasteiger partial charge in [-0.05, 0) is 81.3 Å². The number of carbonyl (C=O) groups is 2. The molecule has 0 aliphatic rings. The van der Waals surface area contributed by atoms with E-state index in [9.17, 15) is 18.0 Å². The monoisotopic (exact) mass is 633 g/mol. The van der Waals surface area contributed by atoms with Gasteiger partial charge in [-0.3, -0.25) is 13.9 Å². The zero-order valence-electron chi connectivity index (χ0n) is 22.4. The second-order valence-electron chi connectivity index (χ2n) is 9.45. The molecule has 0 radical (unpaired) electrons. The van der Waals surface area contributed by atoms with Crippen LogP contribution in [0.5, 0.6) is 0 Å². The highest BCUT2D eigenvalue weighted by atomic mass is 79.9. The number of sulfonamides is 1. The number of nitrogens with zero attached hydrogens (tertiary/aromatic N) is 2. The average Bonchev–Trinajstić information content (AvgIpc) is 2.90. The standard InChI is InChI=1S/C29H33BrClN3O4S/c1-5-21(3)32-29(36)22(4)33(18-23-7-6-8-24(30)17-23)28(35)19-34(26-13-9-20(2)10-14-26)39(37,38)27-15-11-25(31)12-16-27/h6-17,21-22H,5,18-19H2,1-4H3,(H,32,36). The summed E-state index contributed by atoms with van der Waals surface area (Å²) >= 11 is 9.44. The van der Waals surface area contributed by atoms with Crippen LogP contribution in [-0.2, 0) is 26.2 Å². The molecule has 0 fully saturated rings. The summed E-state index contributed by atoms with van der Waals surface area (Å²) in [7, 11) is -4.14. The van der Waals surface area contributed by atoms with Crippen molar-refractivity contribution in [1.82, 2.24) is 10.2 Å². The highest BCUT2D eigenvalue weighted by Gasteiger charge is 2.32. The summed E-state index contributed by atoms with van der Waals surface area (Å²) in [5, 5.41) is 3.32. The van der Waals surface area contributed by atoms with Gasteiger partial charge >= 0.3 is 0 Å². The molecule has 0 aliphatic heterocycles. The van der Waals surface area contributed by atoms with Crippen molar-refractivity contribution in [3.8, 4) is 0 Å². The van der Waals surface area contributed by atoms with Crippen LogP contribution in [0.3, 0.4) is 0 Å². The number of amides is 2.